The van der Waals surface area contributed by atoms with Crippen LogP contribution in [0, 0.1) is 5.92 Å². The van der Waals surface area contributed by atoms with Crippen LogP contribution in [-0.2, 0) is 20.9 Å². The third kappa shape index (κ3) is 5.52. The molecule has 6 N–H and O–H groups in total. The SMILES string of the molecule is CC(C)[C@](C)(NC(=O)OCc1ccccc1)C(=O)NC(=CN)C(N)=O. The molecule has 0 fully saturated rings. The molecule has 0 heterocycles. The van der Waals surface area contributed by atoms with Gasteiger partial charge in [0.05, 0.1) is 0 Å². The second-order valence-electron chi connectivity index (χ2n) is 5.94. The third-order valence-electron chi connectivity index (χ3n) is 3.88. The van der Waals surface area contributed by atoms with Gasteiger partial charge in [0.1, 0.15) is 17.8 Å². The molecule has 0 saturated heterocycles. The Bertz CT molecular complexity index is 658. The maximum Gasteiger partial charge on any atom is 0.408 e. The van der Waals surface area contributed by atoms with Gasteiger partial charge in [0.25, 0.3) is 5.91 Å². The Hall–Kier alpha value is -3.03. The Labute approximate surface area is 146 Å². The molecular weight excluding hydrogens is 324 g/mol. The third-order valence-corrected chi connectivity index (χ3v) is 3.88. The molecule has 1 aromatic carbocycles. The van der Waals surface area contributed by atoms with Crippen molar-refractivity contribution in [3.8, 4) is 0 Å². The lowest BCUT2D eigenvalue weighted by Gasteiger charge is -2.32. The number of hydrogen-bond acceptors (Lipinski definition) is 5. The van der Waals surface area contributed by atoms with Crippen molar-refractivity contribution in [1.29, 1.82) is 0 Å². The van der Waals surface area contributed by atoms with Gasteiger partial charge < -0.3 is 26.8 Å². The number of carbonyl (C=O) groups excluding carboxylic acids is 3. The monoisotopic (exact) mass is 348 g/mol. The molecule has 0 aliphatic carbocycles. The molecule has 0 aromatic heterocycles. The standard InChI is InChI=1S/C17H24N4O4/c1-11(2)17(3,15(23)20-13(9-18)14(19)22)21-16(24)25-10-12-7-5-4-6-8-12/h4-9,11H,10,18H2,1-3H3,(H2,19,22)(H,20,23)(H,21,24)/t17-/m0/s1. The Morgan fingerprint density at radius 3 is 2.32 bits per heavy atom. The highest BCUT2D eigenvalue weighted by atomic mass is 16.5. The fraction of sp³-hybridized carbons (Fsp3) is 0.353. The zero-order valence-electron chi connectivity index (χ0n) is 14.5. The summed E-state index contributed by atoms with van der Waals surface area (Å²) in [4.78, 5) is 35.8. The van der Waals surface area contributed by atoms with E-state index in [9.17, 15) is 14.4 Å². The molecule has 0 saturated carbocycles. The van der Waals surface area contributed by atoms with Gasteiger partial charge in [0.15, 0.2) is 0 Å². The minimum Gasteiger partial charge on any atom is -0.445 e. The predicted molar refractivity (Wildman–Crippen MR) is 92.6 cm³/mol. The number of benzene rings is 1. The van der Waals surface area contributed by atoms with Gasteiger partial charge in [0.2, 0.25) is 5.91 Å². The van der Waals surface area contributed by atoms with Crippen molar-refractivity contribution in [2.45, 2.75) is 32.9 Å². The van der Waals surface area contributed by atoms with Gasteiger partial charge in [0, 0.05) is 6.20 Å². The van der Waals surface area contributed by atoms with E-state index < -0.39 is 23.4 Å². The molecule has 0 radical (unpaired) electrons. The van der Waals surface area contributed by atoms with Crippen molar-refractivity contribution in [3.05, 3.63) is 47.8 Å². The fourth-order valence-corrected chi connectivity index (χ4v) is 1.87. The molecule has 1 rings (SSSR count). The quantitative estimate of drug-likeness (QED) is 0.538. The summed E-state index contributed by atoms with van der Waals surface area (Å²) in [5, 5.41) is 4.86. The fourth-order valence-electron chi connectivity index (χ4n) is 1.87. The molecule has 0 aliphatic heterocycles. The molecule has 0 spiro atoms. The van der Waals surface area contributed by atoms with E-state index in [1.165, 1.54) is 6.92 Å². The lowest BCUT2D eigenvalue weighted by atomic mass is 9.87. The summed E-state index contributed by atoms with van der Waals surface area (Å²) in [5.74, 6) is -1.81. The average Bonchev–Trinajstić information content (AvgIpc) is 2.57. The van der Waals surface area contributed by atoms with Crippen LogP contribution in [0.2, 0.25) is 0 Å². The number of rotatable bonds is 7. The summed E-state index contributed by atoms with van der Waals surface area (Å²) >= 11 is 0. The van der Waals surface area contributed by atoms with Gasteiger partial charge in [-0.2, -0.15) is 0 Å². The van der Waals surface area contributed by atoms with Crippen molar-refractivity contribution >= 4 is 17.9 Å². The first-order chi connectivity index (χ1) is 11.7. The summed E-state index contributed by atoms with van der Waals surface area (Å²) in [6.07, 6.45) is 0.141. The van der Waals surface area contributed by atoms with Crippen LogP contribution >= 0.6 is 0 Å². The number of carbonyl (C=O) groups is 3. The number of ether oxygens (including phenoxy) is 1. The van der Waals surface area contributed by atoms with Crippen molar-refractivity contribution in [2.24, 2.45) is 17.4 Å². The largest absolute Gasteiger partial charge is 0.445 e. The maximum atomic E-state index is 12.5. The van der Waals surface area contributed by atoms with Crippen molar-refractivity contribution in [1.82, 2.24) is 10.6 Å². The number of alkyl carbamates (subject to hydrolysis) is 1. The number of nitrogens with two attached hydrogens (primary N) is 2. The average molecular weight is 348 g/mol. The van der Waals surface area contributed by atoms with Crippen LogP contribution in [0.1, 0.15) is 26.3 Å². The summed E-state index contributed by atoms with van der Waals surface area (Å²) < 4.78 is 5.14. The summed E-state index contributed by atoms with van der Waals surface area (Å²) in [6, 6.07) is 9.13. The summed E-state index contributed by atoms with van der Waals surface area (Å²) in [6.45, 7) is 5.07. The van der Waals surface area contributed by atoms with Gasteiger partial charge in [-0.1, -0.05) is 44.2 Å². The highest BCUT2D eigenvalue weighted by Crippen LogP contribution is 2.18. The van der Waals surface area contributed by atoms with Crippen LogP contribution in [0.25, 0.3) is 0 Å². The molecule has 1 atom stereocenters. The Balaban J connectivity index is 2.78. The normalized spacial score (nSPS) is 13.7. The molecule has 0 unspecified atom stereocenters. The molecule has 1 aromatic rings. The van der Waals surface area contributed by atoms with Crippen LogP contribution in [0.3, 0.4) is 0 Å². The molecule has 8 heteroatoms. The van der Waals surface area contributed by atoms with E-state index in [4.69, 9.17) is 16.2 Å². The van der Waals surface area contributed by atoms with Crippen LogP contribution < -0.4 is 22.1 Å². The van der Waals surface area contributed by atoms with E-state index in [0.717, 1.165) is 11.8 Å². The van der Waals surface area contributed by atoms with E-state index in [2.05, 4.69) is 10.6 Å². The van der Waals surface area contributed by atoms with Crippen molar-refractivity contribution in [3.63, 3.8) is 0 Å². The van der Waals surface area contributed by atoms with Crippen LogP contribution in [0.5, 0.6) is 0 Å². The van der Waals surface area contributed by atoms with Gasteiger partial charge in [-0.05, 0) is 18.4 Å². The van der Waals surface area contributed by atoms with Crippen LogP contribution in [0.4, 0.5) is 4.79 Å². The lowest BCUT2D eigenvalue weighted by Crippen LogP contribution is -2.60. The highest BCUT2D eigenvalue weighted by molar-refractivity contribution is 5.99. The van der Waals surface area contributed by atoms with Gasteiger partial charge in [-0.25, -0.2) is 4.79 Å². The molecule has 0 aliphatic rings. The number of amides is 3. The minimum atomic E-state index is -1.34. The predicted octanol–water partition coefficient (Wildman–Crippen LogP) is 0.729. The highest BCUT2D eigenvalue weighted by Gasteiger charge is 2.39. The second kappa shape index (κ2) is 8.72. The molecule has 3 amide bonds. The van der Waals surface area contributed by atoms with E-state index >= 15 is 0 Å². The molecule has 25 heavy (non-hydrogen) atoms. The van der Waals surface area contributed by atoms with E-state index in [-0.39, 0.29) is 18.2 Å². The minimum absolute atomic E-state index is 0.0672. The molecule has 136 valence electrons. The summed E-state index contributed by atoms with van der Waals surface area (Å²) in [5.41, 5.74) is 9.61. The number of primary amides is 1. The number of nitrogens with one attached hydrogen (secondary N) is 2. The maximum absolute atomic E-state index is 12.5. The van der Waals surface area contributed by atoms with Crippen LogP contribution in [-0.4, -0.2) is 23.4 Å². The van der Waals surface area contributed by atoms with Crippen molar-refractivity contribution < 1.29 is 19.1 Å². The van der Waals surface area contributed by atoms with Gasteiger partial charge in [-0.15, -0.1) is 0 Å². The van der Waals surface area contributed by atoms with Gasteiger partial charge in [-0.3, -0.25) is 9.59 Å². The first kappa shape index (κ1) is 20.0. The topological polar surface area (TPSA) is 137 Å². The zero-order chi connectivity index (χ0) is 19.0. The number of hydrogen-bond donors (Lipinski definition) is 4. The second-order valence-corrected chi connectivity index (χ2v) is 5.94. The van der Waals surface area contributed by atoms with Crippen molar-refractivity contribution in [2.75, 3.05) is 0 Å². The first-order valence-corrected chi connectivity index (χ1v) is 7.72. The Morgan fingerprint density at radius 2 is 1.84 bits per heavy atom. The van der Waals surface area contributed by atoms with E-state index in [0.29, 0.717) is 0 Å². The molecular formula is C17H24N4O4. The zero-order valence-corrected chi connectivity index (χ0v) is 14.5. The van der Waals surface area contributed by atoms with E-state index in [1.807, 2.05) is 30.3 Å². The van der Waals surface area contributed by atoms with Crippen LogP contribution in [0.15, 0.2) is 42.2 Å². The van der Waals surface area contributed by atoms with Gasteiger partial charge >= 0.3 is 6.09 Å². The smallest absolute Gasteiger partial charge is 0.408 e. The van der Waals surface area contributed by atoms with E-state index in [1.54, 1.807) is 13.8 Å². The molecule has 8 nitrogen and oxygen atoms in total. The first-order valence-electron chi connectivity index (χ1n) is 7.72. The Kier molecular flexibility index (Phi) is 6.98. The summed E-state index contributed by atoms with van der Waals surface area (Å²) in [7, 11) is 0. The lowest BCUT2D eigenvalue weighted by molar-refractivity contribution is -0.129. The Morgan fingerprint density at radius 1 is 1.24 bits per heavy atom. The molecule has 0 bridgehead atoms.